The van der Waals surface area contributed by atoms with Crippen molar-refractivity contribution in [3.63, 3.8) is 0 Å². The van der Waals surface area contributed by atoms with Crippen LogP contribution >= 0.6 is 11.6 Å². The van der Waals surface area contributed by atoms with Gasteiger partial charge in [0, 0.05) is 0 Å². The summed E-state index contributed by atoms with van der Waals surface area (Å²) in [6.45, 7) is 2.04. The predicted molar refractivity (Wildman–Crippen MR) is 66.7 cm³/mol. The first-order valence-corrected chi connectivity index (χ1v) is 5.82. The number of aromatic carboxylic acids is 1. The number of carboxylic acid groups (broad SMARTS) is 1. The van der Waals surface area contributed by atoms with E-state index in [9.17, 15) is 9.18 Å². The maximum absolute atomic E-state index is 13.0. The predicted octanol–water partition coefficient (Wildman–Crippen LogP) is 2.76. The molecule has 1 heterocycles. The third kappa shape index (κ3) is 2.68. The number of carbonyl (C=O) groups is 1. The molecule has 19 heavy (non-hydrogen) atoms. The van der Waals surface area contributed by atoms with Gasteiger partial charge >= 0.3 is 5.97 Å². The molecule has 0 aliphatic carbocycles. The Bertz CT molecular complexity index is 627. The van der Waals surface area contributed by atoms with E-state index in [0.29, 0.717) is 12.3 Å². The smallest absolute Gasteiger partial charge is 0.360 e. The van der Waals surface area contributed by atoms with E-state index in [4.69, 9.17) is 21.4 Å². The van der Waals surface area contributed by atoms with Crippen LogP contribution in [0, 0.1) is 5.82 Å². The van der Waals surface area contributed by atoms with E-state index in [2.05, 4.69) is 5.10 Å². The van der Waals surface area contributed by atoms with E-state index in [1.54, 1.807) is 6.92 Å². The van der Waals surface area contributed by atoms with Gasteiger partial charge in [0.05, 0.1) is 23.5 Å². The molecule has 0 saturated carbocycles. The highest BCUT2D eigenvalue weighted by Crippen LogP contribution is 2.25. The minimum Gasteiger partial charge on any atom is -0.490 e. The Labute approximate surface area is 113 Å². The quantitative estimate of drug-likeness (QED) is 0.937. The number of nitrogens with zero attached hydrogens (tertiary/aromatic N) is 2. The van der Waals surface area contributed by atoms with Crippen molar-refractivity contribution in [3.8, 4) is 11.4 Å². The lowest BCUT2D eigenvalue weighted by Crippen LogP contribution is -2.03. The first kappa shape index (κ1) is 13.4. The number of rotatable bonds is 4. The molecule has 0 aliphatic rings. The molecule has 2 rings (SSSR count). The summed E-state index contributed by atoms with van der Waals surface area (Å²) in [7, 11) is 0. The molecular weight excluding hydrogens is 275 g/mol. The van der Waals surface area contributed by atoms with Gasteiger partial charge in [-0.2, -0.15) is 5.10 Å². The number of carboxylic acids is 1. The second kappa shape index (κ2) is 5.27. The van der Waals surface area contributed by atoms with Crippen LogP contribution in [0.2, 0.25) is 5.02 Å². The summed E-state index contributed by atoms with van der Waals surface area (Å²) in [5.74, 6) is -1.56. The molecule has 5 nitrogen and oxygen atoms in total. The summed E-state index contributed by atoms with van der Waals surface area (Å²) >= 11 is 5.89. The minimum absolute atomic E-state index is 0.127. The van der Waals surface area contributed by atoms with Gasteiger partial charge in [-0.3, -0.25) is 0 Å². The van der Waals surface area contributed by atoms with Crippen molar-refractivity contribution in [2.24, 2.45) is 0 Å². The van der Waals surface area contributed by atoms with Gasteiger partial charge in [0.25, 0.3) is 0 Å². The molecule has 1 aromatic carbocycles. The summed E-state index contributed by atoms with van der Waals surface area (Å²) in [6.07, 6.45) is 1.39. The standard InChI is InChI=1S/C12H10ClFN2O3/c1-2-19-10-6-16(15-11(10)12(17)18)9-4-3-7(14)5-8(9)13/h3-6H,2H2,1H3,(H,17,18). The topological polar surface area (TPSA) is 64.4 Å². The summed E-state index contributed by atoms with van der Waals surface area (Å²) in [4.78, 5) is 11.0. The van der Waals surface area contributed by atoms with Crippen LogP contribution in [-0.2, 0) is 0 Å². The molecule has 0 saturated heterocycles. The number of halogens is 2. The highest BCUT2D eigenvalue weighted by molar-refractivity contribution is 6.32. The Morgan fingerprint density at radius 3 is 2.89 bits per heavy atom. The van der Waals surface area contributed by atoms with Crippen LogP contribution in [0.4, 0.5) is 4.39 Å². The Kier molecular flexibility index (Phi) is 3.71. The summed E-state index contributed by atoms with van der Waals surface area (Å²) in [6, 6.07) is 3.75. The van der Waals surface area contributed by atoms with Crippen LogP contribution < -0.4 is 4.74 Å². The van der Waals surface area contributed by atoms with Gasteiger partial charge in [-0.25, -0.2) is 13.9 Å². The number of benzene rings is 1. The largest absolute Gasteiger partial charge is 0.490 e. The van der Waals surface area contributed by atoms with E-state index < -0.39 is 11.8 Å². The molecule has 2 aromatic rings. The fourth-order valence-corrected chi connectivity index (χ4v) is 1.81. The molecule has 1 N–H and O–H groups in total. The molecule has 100 valence electrons. The summed E-state index contributed by atoms with van der Waals surface area (Å²) in [5.41, 5.74) is 0.152. The molecule has 1 aromatic heterocycles. The van der Waals surface area contributed by atoms with Gasteiger partial charge in [-0.1, -0.05) is 11.6 Å². The second-order valence-corrected chi connectivity index (χ2v) is 4.03. The van der Waals surface area contributed by atoms with Crippen molar-refractivity contribution >= 4 is 17.6 Å². The number of hydrogen-bond acceptors (Lipinski definition) is 3. The van der Waals surface area contributed by atoms with Gasteiger partial charge in [0.15, 0.2) is 5.75 Å². The zero-order chi connectivity index (χ0) is 14.0. The zero-order valence-electron chi connectivity index (χ0n) is 9.93. The molecule has 0 spiro atoms. The molecule has 7 heteroatoms. The molecule has 0 radical (unpaired) electrons. The van der Waals surface area contributed by atoms with Crippen molar-refractivity contribution in [1.82, 2.24) is 9.78 Å². The van der Waals surface area contributed by atoms with Crippen LogP contribution in [0.1, 0.15) is 17.4 Å². The molecule has 0 fully saturated rings. The third-order valence-corrected chi connectivity index (χ3v) is 2.64. The number of aromatic nitrogens is 2. The van der Waals surface area contributed by atoms with E-state index in [0.717, 1.165) is 6.07 Å². The molecule has 0 unspecified atom stereocenters. The number of ether oxygens (including phenoxy) is 1. The highest BCUT2D eigenvalue weighted by Gasteiger charge is 2.18. The maximum Gasteiger partial charge on any atom is 0.360 e. The number of hydrogen-bond donors (Lipinski definition) is 1. The van der Waals surface area contributed by atoms with E-state index >= 15 is 0 Å². The van der Waals surface area contributed by atoms with E-state index in [1.807, 2.05) is 0 Å². The SMILES string of the molecule is CCOc1cn(-c2ccc(F)cc2Cl)nc1C(=O)O. The summed E-state index contributed by atoms with van der Waals surface area (Å²) < 4.78 is 19.4. The molecule has 0 atom stereocenters. The molecule has 0 aliphatic heterocycles. The zero-order valence-corrected chi connectivity index (χ0v) is 10.7. The fraction of sp³-hybridized carbons (Fsp3) is 0.167. The van der Waals surface area contributed by atoms with Crippen molar-refractivity contribution in [1.29, 1.82) is 0 Å². The lowest BCUT2D eigenvalue weighted by atomic mass is 10.3. The Hall–Kier alpha value is -2.08. The lowest BCUT2D eigenvalue weighted by Gasteiger charge is -2.03. The van der Waals surface area contributed by atoms with E-state index in [1.165, 1.54) is 23.0 Å². The van der Waals surface area contributed by atoms with Crippen LogP contribution in [0.5, 0.6) is 5.75 Å². The maximum atomic E-state index is 13.0. The normalized spacial score (nSPS) is 10.5. The second-order valence-electron chi connectivity index (χ2n) is 3.62. The third-order valence-electron chi connectivity index (χ3n) is 2.34. The van der Waals surface area contributed by atoms with Gasteiger partial charge in [-0.15, -0.1) is 0 Å². The molecular formula is C12H10ClFN2O3. The van der Waals surface area contributed by atoms with Gasteiger partial charge in [0.2, 0.25) is 5.69 Å². The Balaban J connectivity index is 2.50. The monoisotopic (exact) mass is 284 g/mol. The van der Waals surface area contributed by atoms with Crippen LogP contribution in [0.3, 0.4) is 0 Å². The van der Waals surface area contributed by atoms with Crippen molar-refractivity contribution in [2.45, 2.75) is 6.92 Å². The van der Waals surface area contributed by atoms with Crippen molar-refractivity contribution in [3.05, 3.63) is 40.9 Å². The Morgan fingerprint density at radius 1 is 1.58 bits per heavy atom. The van der Waals surface area contributed by atoms with Crippen LogP contribution in [0.15, 0.2) is 24.4 Å². The lowest BCUT2D eigenvalue weighted by molar-refractivity contribution is 0.0685. The molecule has 0 bridgehead atoms. The minimum atomic E-state index is -1.21. The van der Waals surface area contributed by atoms with Crippen LogP contribution in [-0.4, -0.2) is 27.5 Å². The van der Waals surface area contributed by atoms with Crippen LogP contribution in [0.25, 0.3) is 5.69 Å². The Morgan fingerprint density at radius 2 is 2.32 bits per heavy atom. The average molecular weight is 285 g/mol. The fourth-order valence-electron chi connectivity index (χ4n) is 1.56. The molecule has 0 amide bonds. The van der Waals surface area contributed by atoms with Gasteiger partial charge in [0.1, 0.15) is 5.82 Å². The first-order chi connectivity index (χ1) is 9.02. The highest BCUT2D eigenvalue weighted by atomic mass is 35.5. The average Bonchev–Trinajstić information content (AvgIpc) is 2.73. The van der Waals surface area contributed by atoms with Gasteiger partial charge in [-0.05, 0) is 25.1 Å². The first-order valence-electron chi connectivity index (χ1n) is 5.44. The van der Waals surface area contributed by atoms with E-state index in [-0.39, 0.29) is 16.5 Å². The van der Waals surface area contributed by atoms with Crippen molar-refractivity contribution < 1.29 is 19.0 Å². The summed E-state index contributed by atoms with van der Waals surface area (Å²) in [5, 5.41) is 13.0. The van der Waals surface area contributed by atoms with Gasteiger partial charge < -0.3 is 9.84 Å². The van der Waals surface area contributed by atoms with Crippen molar-refractivity contribution in [2.75, 3.05) is 6.61 Å².